The van der Waals surface area contributed by atoms with Crippen molar-refractivity contribution in [2.75, 3.05) is 36.8 Å². The van der Waals surface area contributed by atoms with Gasteiger partial charge in [-0.25, -0.2) is 0 Å². The second kappa shape index (κ2) is 11.1. The van der Waals surface area contributed by atoms with E-state index in [1.54, 1.807) is 6.07 Å². The van der Waals surface area contributed by atoms with E-state index in [4.69, 9.17) is 0 Å². The molecule has 2 aromatic rings. The highest BCUT2D eigenvalue weighted by Crippen LogP contribution is 2.29. The number of hydrogen-bond donors (Lipinski definition) is 2. The fraction of sp³-hybridized carbons (Fsp3) is 0.333. The molecule has 2 aromatic carbocycles. The number of fused-ring (bicyclic) bond motifs is 1. The first-order chi connectivity index (χ1) is 13.2. The van der Waals surface area contributed by atoms with Crippen molar-refractivity contribution in [3.63, 3.8) is 0 Å². The molecule has 0 atom stereocenters. The highest BCUT2D eigenvalue weighted by Gasteiger charge is 2.24. The molecule has 0 spiro atoms. The Labute approximate surface area is 176 Å². The number of likely N-dealkylation sites (N-methyl/N-ethyl adjacent to an activating group) is 1. The van der Waals surface area contributed by atoms with Crippen molar-refractivity contribution in [1.29, 1.82) is 0 Å². The van der Waals surface area contributed by atoms with Gasteiger partial charge in [-0.2, -0.15) is 0 Å². The van der Waals surface area contributed by atoms with E-state index in [0.29, 0.717) is 17.9 Å². The SMILES string of the molecule is CCNCCNC(=O)c1ccccc1SCC(=O)N1CCc2ccccc21.Cl. The van der Waals surface area contributed by atoms with Gasteiger partial charge in [-0.1, -0.05) is 37.3 Å². The third kappa shape index (κ3) is 5.50. The van der Waals surface area contributed by atoms with E-state index < -0.39 is 0 Å². The van der Waals surface area contributed by atoms with E-state index >= 15 is 0 Å². The average Bonchev–Trinajstić information content (AvgIpc) is 3.14. The molecule has 3 rings (SSSR count). The minimum absolute atomic E-state index is 0. The molecule has 0 unspecified atom stereocenters. The number of para-hydroxylation sites is 1. The summed E-state index contributed by atoms with van der Waals surface area (Å²) in [6.07, 6.45) is 0.900. The van der Waals surface area contributed by atoms with Crippen LogP contribution in [0.25, 0.3) is 0 Å². The minimum atomic E-state index is -0.102. The van der Waals surface area contributed by atoms with Gasteiger partial charge in [-0.05, 0) is 36.7 Å². The van der Waals surface area contributed by atoms with Crippen LogP contribution in [0.15, 0.2) is 53.4 Å². The number of carbonyl (C=O) groups excluding carboxylic acids is 2. The molecule has 0 aromatic heterocycles. The fourth-order valence-electron chi connectivity index (χ4n) is 3.13. The molecule has 1 heterocycles. The van der Waals surface area contributed by atoms with Gasteiger partial charge in [0, 0.05) is 30.2 Å². The second-order valence-electron chi connectivity index (χ2n) is 6.32. The lowest BCUT2D eigenvalue weighted by molar-refractivity contribution is -0.116. The van der Waals surface area contributed by atoms with Gasteiger partial charge in [0.25, 0.3) is 5.91 Å². The van der Waals surface area contributed by atoms with Crippen LogP contribution in [0.4, 0.5) is 5.69 Å². The number of amides is 2. The monoisotopic (exact) mass is 419 g/mol. The molecular weight excluding hydrogens is 394 g/mol. The van der Waals surface area contributed by atoms with Crippen LogP contribution in [-0.4, -0.2) is 43.7 Å². The van der Waals surface area contributed by atoms with Crippen LogP contribution in [0.1, 0.15) is 22.8 Å². The molecular formula is C21H26ClN3O2S. The zero-order valence-corrected chi connectivity index (χ0v) is 17.6. The molecule has 1 aliphatic heterocycles. The number of rotatable bonds is 8. The van der Waals surface area contributed by atoms with Crippen molar-refractivity contribution >= 4 is 41.7 Å². The van der Waals surface area contributed by atoms with Crippen molar-refractivity contribution in [2.24, 2.45) is 0 Å². The summed E-state index contributed by atoms with van der Waals surface area (Å²) in [7, 11) is 0. The first-order valence-corrected chi connectivity index (χ1v) is 10.3. The van der Waals surface area contributed by atoms with Crippen molar-refractivity contribution < 1.29 is 9.59 Å². The molecule has 0 fully saturated rings. The first kappa shape index (κ1) is 22.3. The molecule has 1 aliphatic rings. The van der Waals surface area contributed by atoms with E-state index in [1.807, 2.05) is 48.2 Å². The maximum absolute atomic E-state index is 12.7. The van der Waals surface area contributed by atoms with Gasteiger partial charge in [0.2, 0.25) is 5.91 Å². The van der Waals surface area contributed by atoms with Crippen molar-refractivity contribution in [1.82, 2.24) is 10.6 Å². The van der Waals surface area contributed by atoms with Crippen LogP contribution in [0.5, 0.6) is 0 Å². The second-order valence-corrected chi connectivity index (χ2v) is 7.34. The standard InChI is InChI=1S/C21H25N3O2S.ClH/c1-2-22-12-13-23-21(26)17-8-4-6-10-19(17)27-15-20(25)24-14-11-16-7-3-5-9-18(16)24;/h3-10,22H,2,11-15H2,1H3,(H,23,26);1H. The Morgan fingerprint density at radius 1 is 1.07 bits per heavy atom. The molecule has 28 heavy (non-hydrogen) atoms. The maximum Gasteiger partial charge on any atom is 0.252 e. The Morgan fingerprint density at radius 3 is 2.64 bits per heavy atom. The Bertz CT molecular complexity index is 816. The normalized spacial score (nSPS) is 12.2. The molecule has 0 aliphatic carbocycles. The number of thioether (sulfide) groups is 1. The van der Waals surface area contributed by atoms with Crippen LogP contribution >= 0.6 is 24.2 Å². The van der Waals surface area contributed by atoms with E-state index in [2.05, 4.69) is 16.7 Å². The smallest absolute Gasteiger partial charge is 0.252 e. The molecule has 5 nitrogen and oxygen atoms in total. The molecule has 150 valence electrons. The van der Waals surface area contributed by atoms with Gasteiger partial charge < -0.3 is 15.5 Å². The summed E-state index contributed by atoms with van der Waals surface area (Å²) in [5.74, 6) is 0.290. The Balaban J connectivity index is 0.00000280. The zero-order valence-electron chi connectivity index (χ0n) is 15.9. The van der Waals surface area contributed by atoms with Gasteiger partial charge in [-0.15, -0.1) is 24.2 Å². The largest absolute Gasteiger partial charge is 0.351 e. The lowest BCUT2D eigenvalue weighted by atomic mass is 10.2. The lowest BCUT2D eigenvalue weighted by Gasteiger charge is -2.17. The van der Waals surface area contributed by atoms with Crippen molar-refractivity contribution in [3.8, 4) is 0 Å². The Hall–Kier alpha value is -2.02. The van der Waals surface area contributed by atoms with E-state index in [-0.39, 0.29) is 24.2 Å². The van der Waals surface area contributed by atoms with E-state index in [1.165, 1.54) is 17.3 Å². The number of anilines is 1. The van der Waals surface area contributed by atoms with Crippen LogP contribution in [0.2, 0.25) is 0 Å². The molecule has 0 radical (unpaired) electrons. The molecule has 0 saturated heterocycles. The summed E-state index contributed by atoms with van der Waals surface area (Å²) in [6, 6.07) is 15.5. The molecule has 0 saturated carbocycles. The number of nitrogens with zero attached hydrogens (tertiary/aromatic N) is 1. The first-order valence-electron chi connectivity index (χ1n) is 9.29. The molecule has 2 amide bonds. The molecule has 2 N–H and O–H groups in total. The summed E-state index contributed by atoms with van der Waals surface area (Å²) in [6.45, 7) is 4.96. The maximum atomic E-state index is 12.7. The van der Waals surface area contributed by atoms with Crippen LogP contribution in [0.3, 0.4) is 0 Å². The third-order valence-electron chi connectivity index (χ3n) is 4.51. The minimum Gasteiger partial charge on any atom is -0.351 e. The van der Waals surface area contributed by atoms with E-state index in [0.717, 1.165) is 36.6 Å². The highest BCUT2D eigenvalue weighted by atomic mass is 35.5. The third-order valence-corrected chi connectivity index (χ3v) is 5.57. The van der Waals surface area contributed by atoms with Crippen molar-refractivity contribution in [2.45, 2.75) is 18.2 Å². The number of benzene rings is 2. The summed E-state index contributed by atoms with van der Waals surface area (Å²) < 4.78 is 0. The summed E-state index contributed by atoms with van der Waals surface area (Å²) in [4.78, 5) is 27.8. The van der Waals surface area contributed by atoms with Gasteiger partial charge in [0.1, 0.15) is 0 Å². The van der Waals surface area contributed by atoms with Gasteiger partial charge in [0.15, 0.2) is 0 Å². The molecule has 7 heteroatoms. The number of nitrogens with one attached hydrogen (secondary N) is 2. The Morgan fingerprint density at radius 2 is 1.82 bits per heavy atom. The summed E-state index contributed by atoms with van der Waals surface area (Å²) in [5.41, 5.74) is 2.85. The topological polar surface area (TPSA) is 61.4 Å². The number of hydrogen-bond acceptors (Lipinski definition) is 4. The highest BCUT2D eigenvalue weighted by molar-refractivity contribution is 8.00. The van der Waals surface area contributed by atoms with Crippen LogP contribution in [0, 0.1) is 0 Å². The quantitative estimate of drug-likeness (QED) is 0.509. The van der Waals surface area contributed by atoms with Gasteiger partial charge >= 0.3 is 0 Å². The summed E-state index contributed by atoms with van der Waals surface area (Å²) in [5, 5.41) is 6.10. The van der Waals surface area contributed by atoms with Crippen LogP contribution in [-0.2, 0) is 11.2 Å². The zero-order chi connectivity index (χ0) is 19.1. The van der Waals surface area contributed by atoms with Crippen molar-refractivity contribution in [3.05, 3.63) is 59.7 Å². The van der Waals surface area contributed by atoms with Gasteiger partial charge in [-0.3, -0.25) is 9.59 Å². The molecule has 0 bridgehead atoms. The van der Waals surface area contributed by atoms with E-state index in [9.17, 15) is 9.59 Å². The number of halogens is 1. The van der Waals surface area contributed by atoms with Crippen LogP contribution < -0.4 is 15.5 Å². The predicted octanol–water partition coefficient (Wildman–Crippen LogP) is 3.13. The fourth-order valence-corrected chi connectivity index (χ4v) is 4.06. The average molecular weight is 420 g/mol. The predicted molar refractivity (Wildman–Crippen MR) is 118 cm³/mol. The van der Waals surface area contributed by atoms with Gasteiger partial charge in [0.05, 0.1) is 11.3 Å². The summed E-state index contributed by atoms with van der Waals surface area (Å²) >= 11 is 1.42. The lowest BCUT2D eigenvalue weighted by Crippen LogP contribution is -2.32. The Kier molecular flexibility index (Phi) is 8.83. The number of carbonyl (C=O) groups is 2.